The van der Waals surface area contributed by atoms with Gasteiger partial charge in [-0.1, -0.05) is 12.1 Å². The number of nitrogens with zero attached hydrogens (tertiary/aromatic N) is 3. The Labute approximate surface area is 112 Å². The van der Waals surface area contributed by atoms with Crippen LogP contribution in [0.3, 0.4) is 0 Å². The van der Waals surface area contributed by atoms with Crippen LogP contribution in [0.25, 0.3) is 11.4 Å². The first-order valence-corrected chi connectivity index (χ1v) is 6.23. The van der Waals surface area contributed by atoms with Crippen LogP contribution in [-0.4, -0.2) is 34.0 Å². The molecule has 19 heavy (non-hydrogen) atoms. The van der Waals surface area contributed by atoms with E-state index >= 15 is 0 Å². The molecule has 2 rings (SSSR count). The van der Waals surface area contributed by atoms with E-state index in [-0.39, 0.29) is 12.5 Å². The van der Waals surface area contributed by atoms with E-state index in [0.29, 0.717) is 12.2 Å². The minimum absolute atomic E-state index is 0.0608. The van der Waals surface area contributed by atoms with Crippen LogP contribution in [0.4, 0.5) is 5.69 Å². The molecule has 2 aromatic rings. The van der Waals surface area contributed by atoms with Crippen LogP contribution in [0, 0.1) is 0 Å². The second-order valence-electron chi connectivity index (χ2n) is 4.41. The Morgan fingerprint density at radius 3 is 2.95 bits per heavy atom. The summed E-state index contributed by atoms with van der Waals surface area (Å²) in [5.41, 5.74) is 7.37. The largest absolute Gasteiger partial charge is 0.399 e. The van der Waals surface area contributed by atoms with Gasteiger partial charge >= 0.3 is 0 Å². The lowest BCUT2D eigenvalue weighted by Crippen LogP contribution is -2.29. The number of hydrogen-bond donors (Lipinski definition) is 1. The molecule has 0 atom stereocenters. The van der Waals surface area contributed by atoms with Crippen molar-refractivity contribution in [2.45, 2.75) is 13.5 Å². The zero-order valence-corrected chi connectivity index (χ0v) is 11.2. The topological polar surface area (TPSA) is 64.2 Å². The maximum Gasteiger partial charge on any atom is 0.242 e. The lowest BCUT2D eigenvalue weighted by atomic mass is 10.2. The molecular formula is C14H18N4O. The van der Waals surface area contributed by atoms with Gasteiger partial charge in [-0.15, -0.1) is 0 Å². The van der Waals surface area contributed by atoms with Crippen molar-refractivity contribution in [2.75, 3.05) is 19.3 Å². The van der Waals surface area contributed by atoms with Crippen molar-refractivity contribution in [3.8, 4) is 11.4 Å². The number of nitrogen functional groups attached to an aromatic ring is 1. The van der Waals surface area contributed by atoms with Crippen molar-refractivity contribution >= 4 is 11.6 Å². The van der Waals surface area contributed by atoms with Crippen LogP contribution >= 0.6 is 0 Å². The quantitative estimate of drug-likeness (QED) is 0.847. The molecule has 5 nitrogen and oxygen atoms in total. The molecular weight excluding hydrogens is 240 g/mol. The van der Waals surface area contributed by atoms with Gasteiger partial charge in [0.25, 0.3) is 0 Å². The number of aromatic nitrogens is 2. The van der Waals surface area contributed by atoms with Gasteiger partial charge in [-0.2, -0.15) is 0 Å². The van der Waals surface area contributed by atoms with E-state index in [1.165, 1.54) is 0 Å². The highest BCUT2D eigenvalue weighted by atomic mass is 16.2. The lowest BCUT2D eigenvalue weighted by Gasteiger charge is -2.15. The first kappa shape index (κ1) is 13.1. The zero-order chi connectivity index (χ0) is 13.8. The Morgan fingerprint density at radius 1 is 1.47 bits per heavy atom. The molecule has 0 saturated heterocycles. The van der Waals surface area contributed by atoms with Gasteiger partial charge in [-0.05, 0) is 19.1 Å². The predicted octanol–water partition coefficient (Wildman–Crippen LogP) is 1.61. The number of rotatable bonds is 4. The van der Waals surface area contributed by atoms with Crippen LogP contribution in [0.1, 0.15) is 6.92 Å². The van der Waals surface area contributed by atoms with E-state index in [1.54, 1.807) is 24.3 Å². The van der Waals surface area contributed by atoms with E-state index in [4.69, 9.17) is 5.73 Å². The number of imidazole rings is 1. The molecule has 0 spiro atoms. The molecule has 1 aromatic carbocycles. The molecule has 0 aliphatic heterocycles. The number of benzene rings is 1. The van der Waals surface area contributed by atoms with E-state index in [1.807, 2.05) is 35.8 Å². The molecule has 1 amide bonds. The van der Waals surface area contributed by atoms with Crippen molar-refractivity contribution in [2.24, 2.45) is 0 Å². The van der Waals surface area contributed by atoms with Crippen LogP contribution < -0.4 is 5.73 Å². The summed E-state index contributed by atoms with van der Waals surface area (Å²) in [4.78, 5) is 17.9. The molecule has 100 valence electrons. The van der Waals surface area contributed by atoms with E-state index in [2.05, 4.69) is 4.98 Å². The van der Waals surface area contributed by atoms with Crippen molar-refractivity contribution in [3.05, 3.63) is 36.7 Å². The summed E-state index contributed by atoms with van der Waals surface area (Å²) >= 11 is 0. The highest BCUT2D eigenvalue weighted by Crippen LogP contribution is 2.19. The van der Waals surface area contributed by atoms with Crippen LogP contribution in [-0.2, 0) is 11.3 Å². The summed E-state index contributed by atoms with van der Waals surface area (Å²) in [7, 11) is 1.79. The van der Waals surface area contributed by atoms with Gasteiger partial charge in [-0.25, -0.2) is 4.98 Å². The van der Waals surface area contributed by atoms with E-state index in [0.717, 1.165) is 11.4 Å². The van der Waals surface area contributed by atoms with E-state index < -0.39 is 0 Å². The third-order valence-electron chi connectivity index (χ3n) is 3.07. The number of carbonyl (C=O) groups is 1. The Balaban J connectivity index is 2.25. The first-order valence-electron chi connectivity index (χ1n) is 6.23. The fourth-order valence-corrected chi connectivity index (χ4v) is 1.82. The third-order valence-corrected chi connectivity index (χ3v) is 3.07. The number of amides is 1. The van der Waals surface area contributed by atoms with Gasteiger partial charge in [0.2, 0.25) is 5.91 Å². The summed E-state index contributed by atoms with van der Waals surface area (Å²) in [6.45, 7) is 2.93. The second-order valence-corrected chi connectivity index (χ2v) is 4.41. The smallest absolute Gasteiger partial charge is 0.242 e. The Hall–Kier alpha value is -2.30. The number of anilines is 1. The Kier molecular flexibility index (Phi) is 3.85. The molecule has 5 heteroatoms. The maximum atomic E-state index is 11.9. The average Bonchev–Trinajstić information content (AvgIpc) is 2.85. The zero-order valence-electron chi connectivity index (χ0n) is 11.2. The standard InChI is InChI=1S/C14H18N4O/c1-3-17(2)13(19)10-18-8-7-16-14(18)11-5-4-6-12(15)9-11/h4-9H,3,10,15H2,1-2H3. The average molecular weight is 258 g/mol. The van der Waals surface area contributed by atoms with Crippen molar-refractivity contribution < 1.29 is 4.79 Å². The molecule has 0 bridgehead atoms. The molecule has 1 aromatic heterocycles. The van der Waals surface area contributed by atoms with Gasteiger partial charge in [0.05, 0.1) is 0 Å². The summed E-state index contributed by atoms with van der Waals surface area (Å²) in [5, 5.41) is 0. The fourth-order valence-electron chi connectivity index (χ4n) is 1.82. The minimum Gasteiger partial charge on any atom is -0.399 e. The monoisotopic (exact) mass is 258 g/mol. The van der Waals surface area contributed by atoms with Crippen LogP contribution in [0.2, 0.25) is 0 Å². The third kappa shape index (κ3) is 2.93. The number of hydrogen-bond acceptors (Lipinski definition) is 3. The second kappa shape index (κ2) is 5.56. The molecule has 0 saturated carbocycles. The summed E-state index contributed by atoms with van der Waals surface area (Å²) in [6.07, 6.45) is 3.50. The number of nitrogens with two attached hydrogens (primary N) is 1. The SMILES string of the molecule is CCN(C)C(=O)Cn1ccnc1-c1cccc(N)c1. The highest BCUT2D eigenvalue weighted by molar-refractivity contribution is 5.76. The van der Waals surface area contributed by atoms with Crippen molar-refractivity contribution in [1.29, 1.82) is 0 Å². The number of likely N-dealkylation sites (N-methyl/N-ethyl adjacent to an activating group) is 1. The normalized spacial score (nSPS) is 10.4. The molecule has 0 unspecified atom stereocenters. The Bertz CT molecular complexity index is 576. The summed E-state index contributed by atoms with van der Waals surface area (Å²) < 4.78 is 1.84. The van der Waals surface area contributed by atoms with Gasteiger partial charge in [0.15, 0.2) is 0 Å². The van der Waals surface area contributed by atoms with Gasteiger partial charge in [-0.3, -0.25) is 4.79 Å². The van der Waals surface area contributed by atoms with Gasteiger partial charge in [0, 0.05) is 37.2 Å². The van der Waals surface area contributed by atoms with E-state index in [9.17, 15) is 4.79 Å². The van der Waals surface area contributed by atoms with Crippen molar-refractivity contribution in [1.82, 2.24) is 14.5 Å². The molecule has 1 heterocycles. The molecule has 0 fully saturated rings. The highest BCUT2D eigenvalue weighted by Gasteiger charge is 2.12. The molecule has 0 aliphatic carbocycles. The Morgan fingerprint density at radius 2 is 2.26 bits per heavy atom. The predicted molar refractivity (Wildman–Crippen MR) is 75.4 cm³/mol. The van der Waals surface area contributed by atoms with Crippen LogP contribution in [0.5, 0.6) is 0 Å². The first-order chi connectivity index (χ1) is 9.11. The molecule has 2 N–H and O–H groups in total. The number of carbonyl (C=O) groups excluding carboxylic acids is 1. The summed E-state index contributed by atoms with van der Waals surface area (Å²) in [5.74, 6) is 0.816. The molecule has 0 radical (unpaired) electrons. The minimum atomic E-state index is 0.0608. The van der Waals surface area contributed by atoms with Crippen LogP contribution in [0.15, 0.2) is 36.7 Å². The van der Waals surface area contributed by atoms with Gasteiger partial charge in [0.1, 0.15) is 12.4 Å². The summed E-state index contributed by atoms with van der Waals surface area (Å²) in [6, 6.07) is 7.49. The maximum absolute atomic E-state index is 11.9. The van der Waals surface area contributed by atoms with Gasteiger partial charge < -0.3 is 15.2 Å². The van der Waals surface area contributed by atoms with Crippen molar-refractivity contribution in [3.63, 3.8) is 0 Å². The fraction of sp³-hybridized carbons (Fsp3) is 0.286. The lowest BCUT2D eigenvalue weighted by molar-refractivity contribution is -0.130. The molecule has 0 aliphatic rings.